The van der Waals surface area contributed by atoms with Gasteiger partial charge in [-0.2, -0.15) is 0 Å². The summed E-state index contributed by atoms with van der Waals surface area (Å²) in [5.74, 6) is -1.11. The number of likely N-dealkylation sites (tertiary alicyclic amines) is 1. The van der Waals surface area contributed by atoms with Crippen LogP contribution in [0.4, 0.5) is 5.69 Å². The lowest BCUT2D eigenvalue weighted by Gasteiger charge is -2.40. The van der Waals surface area contributed by atoms with Crippen LogP contribution in [-0.4, -0.2) is 48.8 Å². The fraction of sp³-hybridized carbons (Fsp3) is 0.600. The maximum absolute atomic E-state index is 13.0. The average Bonchev–Trinajstić information content (AvgIpc) is 3.06. The van der Waals surface area contributed by atoms with Gasteiger partial charge in [0, 0.05) is 25.9 Å². The predicted molar refractivity (Wildman–Crippen MR) is 104 cm³/mol. The van der Waals surface area contributed by atoms with E-state index >= 15 is 0 Å². The molecular formula is C20H27ClN2O4. The van der Waals surface area contributed by atoms with E-state index in [1.54, 1.807) is 24.8 Å². The van der Waals surface area contributed by atoms with Crippen LogP contribution in [0.15, 0.2) is 12.1 Å². The van der Waals surface area contributed by atoms with E-state index in [1.807, 2.05) is 19.9 Å². The Morgan fingerprint density at radius 2 is 1.74 bits per heavy atom. The van der Waals surface area contributed by atoms with E-state index in [0.717, 1.165) is 11.1 Å². The van der Waals surface area contributed by atoms with Crippen LogP contribution in [0.5, 0.6) is 0 Å². The summed E-state index contributed by atoms with van der Waals surface area (Å²) >= 11 is 6.29. The van der Waals surface area contributed by atoms with Crippen molar-refractivity contribution in [1.29, 1.82) is 0 Å². The minimum absolute atomic E-state index is 0.200. The number of rotatable bonds is 3. The van der Waals surface area contributed by atoms with E-state index in [1.165, 1.54) is 0 Å². The molecule has 0 aliphatic carbocycles. The first-order valence-corrected chi connectivity index (χ1v) is 9.68. The van der Waals surface area contributed by atoms with Gasteiger partial charge in [-0.05, 0) is 44.9 Å². The van der Waals surface area contributed by atoms with Gasteiger partial charge in [-0.3, -0.25) is 9.59 Å². The number of halogens is 1. The molecule has 1 N–H and O–H groups in total. The molecule has 7 heteroatoms. The van der Waals surface area contributed by atoms with E-state index < -0.39 is 11.2 Å². The highest BCUT2D eigenvalue weighted by molar-refractivity contribution is 6.34. The number of nitrogens with zero attached hydrogens (tertiary/aromatic N) is 1. The van der Waals surface area contributed by atoms with Crippen LogP contribution in [0.3, 0.4) is 0 Å². The number of amides is 2. The molecule has 2 aliphatic heterocycles. The summed E-state index contributed by atoms with van der Waals surface area (Å²) in [6.07, 6.45) is 1.25. The van der Waals surface area contributed by atoms with Crippen molar-refractivity contribution in [3.8, 4) is 0 Å². The minimum atomic E-state index is -1.21. The molecule has 2 saturated heterocycles. The monoisotopic (exact) mass is 394 g/mol. The highest BCUT2D eigenvalue weighted by Gasteiger charge is 2.45. The van der Waals surface area contributed by atoms with Crippen molar-refractivity contribution in [1.82, 2.24) is 4.90 Å². The molecule has 0 unspecified atom stereocenters. The number of carbonyl (C=O) groups is 2. The van der Waals surface area contributed by atoms with Gasteiger partial charge >= 0.3 is 0 Å². The van der Waals surface area contributed by atoms with Gasteiger partial charge in [0.15, 0.2) is 5.79 Å². The number of piperidine rings is 1. The van der Waals surface area contributed by atoms with Gasteiger partial charge in [0.05, 0.1) is 23.9 Å². The summed E-state index contributed by atoms with van der Waals surface area (Å²) in [6, 6.07) is 3.74. The number of hydrogen-bond donors (Lipinski definition) is 1. The SMILES string of the molecule is Cc1cc(C)c(NC(=O)C(C)(C)C(=O)N2CCC3(CC2)OCCO3)c(Cl)c1. The second-order valence-corrected chi connectivity index (χ2v) is 8.32. The van der Waals surface area contributed by atoms with E-state index in [-0.39, 0.29) is 11.8 Å². The largest absolute Gasteiger partial charge is 0.347 e. The predicted octanol–water partition coefficient (Wildman–Crippen LogP) is 3.29. The van der Waals surface area contributed by atoms with Crippen molar-refractivity contribution in [3.63, 3.8) is 0 Å². The van der Waals surface area contributed by atoms with Crippen molar-refractivity contribution in [2.24, 2.45) is 5.41 Å². The van der Waals surface area contributed by atoms with Crippen molar-refractivity contribution in [2.45, 2.75) is 46.3 Å². The smallest absolute Gasteiger partial charge is 0.239 e. The standard InChI is InChI=1S/C20H27ClN2O4/c1-13-11-14(2)16(15(21)12-13)22-17(24)19(3,4)18(25)23-7-5-20(6-8-23)26-9-10-27-20/h11-12H,5-10H2,1-4H3,(H,22,24). The molecule has 1 aromatic carbocycles. The number of hydrogen-bond acceptors (Lipinski definition) is 4. The second kappa shape index (κ2) is 7.41. The van der Waals surface area contributed by atoms with Gasteiger partial charge in [-0.25, -0.2) is 0 Å². The first kappa shape index (κ1) is 20.1. The first-order chi connectivity index (χ1) is 12.6. The third kappa shape index (κ3) is 3.98. The Morgan fingerprint density at radius 1 is 1.15 bits per heavy atom. The van der Waals surface area contributed by atoms with Gasteiger partial charge in [0.25, 0.3) is 0 Å². The Hall–Kier alpha value is -1.63. The van der Waals surface area contributed by atoms with Gasteiger partial charge in [0.1, 0.15) is 5.41 Å². The summed E-state index contributed by atoms with van der Waals surface area (Å²) in [4.78, 5) is 27.6. The van der Waals surface area contributed by atoms with Gasteiger partial charge in [0.2, 0.25) is 11.8 Å². The molecule has 0 saturated carbocycles. The lowest BCUT2D eigenvalue weighted by molar-refractivity contribution is -0.189. The molecule has 2 amide bonds. The van der Waals surface area contributed by atoms with Crippen molar-refractivity contribution in [2.75, 3.05) is 31.6 Å². The average molecular weight is 395 g/mol. The molecule has 1 spiro atoms. The zero-order chi connectivity index (χ0) is 19.8. The molecule has 148 valence electrons. The first-order valence-electron chi connectivity index (χ1n) is 9.30. The zero-order valence-corrected chi connectivity index (χ0v) is 17.1. The van der Waals surface area contributed by atoms with Gasteiger partial charge in [-0.15, -0.1) is 0 Å². The lowest BCUT2D eigenvalue weighted by atomic mass is 9.88. The van der Waals surface area contributed by atoms with Crippen LogP contribution >= 0.6 is 11.6 Å². The number of carbonyl (C=O) groups excluding carboxylic acids is 2. The molecule has 6 nitrogen and oxygen atoms in total. The van der Waals surface area contributed by atoms with E-state index in [9.17, 15) is 9.59 Å². The second-order valence-electron chi connectivity index (χ2n) is 7.92. The maximum atomic E-state index is 13.0. The Labute approximate surface area is 165 Å². The highest BCUT2D eigenvalue weighted by atomic mass is 35.5. The highest BCUT2D eigenvalue weighted by Crippen LogP contribution is 2.34. The Balaban J connectivity index is 1.68. The minimum Gasteiger partial charge on any atom is -0.347 e. The Bertz CT molecular complexity index is 723. The molecule has 0 atom stereocenters. The van der Waals surface area contributed by atoms with Gasteiger partial charge < -0.3 is 19.7 Å². The summed E-state index contributed by atoms with van der Waals surface area (Å²) in [7, 11) is 0. The molecule has 2 aliphatic rings. The van der Waals surface area contributed by atoms with Gasteiger partial charge in [-0.1, -0.05) is 17.7 Å². The van der Waals surface area contributed by atoms with E-state index in [0.29, 0.717) is 49.9 Å². The van der Waals surface area contributed by atoms with Crippen LogP contribution in [0, 0.1) is 19.3 Å². The summed E-state index contributed by atoms with van der Waals surface area (Å²) in [6.45, 7) is 9.34. The molecule has 1 aromatic rings. The third-order valence-electron chi connectivity index (χ3n) is 5.40. The number of ether oxygens (including phenoxy) is 2. The molecule has 27 heavy (non-hydrogen) atoms. The van der Waals surface area contributed by atoms with Crippen LogP contribution in [-0.2, 0) is 19.1 Å². The van der Waals surface area contributed by atoms with Crippen LogP contribution in [0.25, 0.3) is 0 Å². The molecule has 0 bridgehead atoms. The van der Waals surface area contributed by atoms with Crippen LogP contribution in [0.1, 0.15) is 37.8 Å². The Kier molecular flexibility index (Phi) is 5.52. The van der Waals surface area contributed by atoms with Crippen molar-refractivity contribution in [3.05, 3.63) is 28.3 Å². The lowest BCUT2D eigenvalue weighted by Crippen LogP contribution is -2.53. The fourth-order valence-corrected chi connectivity index (χ4v) is 4.04. The normalized spacial score (nSPS) is 19.4. The molecule has 0 radical (unpaired) electrons. The molecule has 2 fully saturated rings. The zero-order valence-electron chi connectivity index (χ0n) is 16.4. The van der Waals surface area contributed by atoms with E-state index in [4.69, 9.17) is 21.1 Å². The third-order valence-corrected chi connectivity index (χ3v) is 5.70. The molecule has 3 rings (SSSR count). The fourth-order valence-electron chi connectivity index (χ4n) is 3.67. The Morgan fingerprint density at radius 3 is 2.30 bits per heavy atom. The molecular weight excluding hydrogens is 368 g/mol. The number of anilines is 1. The summed E-state index contributed by atoms with van der Waals surface area (Å²) in [5, 5.41) is 3.32. The van der Waals surface area contributed by atoms with Crippen molar-refractivity contribution >= 4 is 29.1 Å². The van der Waals surface area contributed by atoms with Crippen LogP contribution in [0.2, 0.25) is 5.02 Å². The summed E-state index contributed by atoms with van der Waals surface area (Å²) in [5.41, 5.74) is 1.23. The molecule has 0 aromatic heterocycles. The number of benzene rings is 1. The van der Waals surface area contributed by atoms with E-state index in [2.05, 4.69) is 5.32 Å². The van der Waals surface area contributed by atoms with Crippen LogP contribution < -0.4 is 5.32 Å². The topological polar surface area (TPSA) is 67.9 Å². The number of nitrogens with one attached hydrogen (secondary N) is 1. The van der Waals surface area contributed by atoms with Crippen molar-refractivity contribution < 1.29 is 19.1 Å². The number of aryl methyl sites for hydroxylation is 2. The molecule has 2 heterocycles. The summed E-state index contributed by atoms with van der Waals surface area (Å²) < 4.78 is 11.4. The maximum Gasteiger partial charge on any atom is 0.239 e. The quantitative estimate of drug-likeness (QED) is 0.799.